The molecule has 0 radical (unpaired) electrons. The van der Waals surface area contributed by atoms with Crippen molar-refractivity contribution in [3.63, 3.8) is 0 Å². The number of hydrogen-bond donors (Lipinski definition) is 0. The van der Waals surface area contributed by atoms with Crippen molar-refractivity contribution in [3.05, 3.63) is 36.1 Å². The van der Waals surface area contributed by atoms with E-state index < -0.39 is 5.82 Å². The highest BCUT2D eigenvalue weighted by atomic mass is 19.1. The smallest absolute Gasteiger partial charge is 0.218 e. The molecule has 0 fully saturated rings. The molecular weight excluding hydrogens is 197 g/mol. The molecule has 15 heavy (non-hydrogen) atoms. The number of aromatic nitrogens is 4. The summed E-state index contributed by atoms with van der Waals surface area (Å²) < 4.78 is 14.9. The minimum atomic E-state index is -0.549. The van der Waals surface area contributed by atoms with E-state index in [1.165, 1.54) is 30.2 Å². The van der Waals surface area contributed by atoms with Crippen LogP contribution in [-0.4, -0.2) is 19.5 Å². The summed E-state index contributed by atoms with van der Waals surface area (Å²) in [6, 6.07) is 1.85. The van der Waals surface area contributed by atoms with Crippen LogP contribution in [0, 0.1) is 24.1 Å². The van der Waals surface area contributed by atoms with E-state index in [-0.39, 0.29) is 17.3 Å². The van der Waals surface area contributed by atoms with Crippen LogP contribution in [0.15, 0.2) is 18.7 Å². The highest BCUT2D eigenvalue weighted by molar-refractivity contribution is 5.31. The molecule has 2 aromatic rings. The van der Waals surface area contributed by atoms with Crippen molar-refractivity contribution in [2.24, 2.45) is 0 Å². The molecule has 0 aliphatic rings. The zero-order valence-corrected chi connectivity index (χ0v) is 7.85. The molecule has 0 unspecified atom stereocenters. The van der Waals surface area contributed by atoms with Gasteiger partial charge >= 0.3 is 0 Å². The van der Waals surface area contributed by atoms with Gasteiger partial charge in [-0.3, -0.25) is 4.57 Å². The number of hydrogen-bond acceptors (Lipinski definition) is 4. The Labute approximate surface area is 84.9 Å². The topological polar surface area (TPSA) is 67.4 Å². The summed E-state index contributed by atoms with van der Waals surface area (Å²) in [4.78, 5) is 11.2. The highest BCUT2D eigenvalue weighted by Crippen LogP contribution is 2.13. The number of aryl methyl sites for hydroxylation is 1. The van der Waals surface area contributed by atoms with Gasteiger partial charge in [-0.2, -0.15) is 5.26 Å². The monoisotopic (exact) mass is 203 g/mol. The van der Waals surface area contributed by atoms with Crippen molar-refractivity contribution < 1.29 is 4.39 Å². The molecule has 2 rings (SSSR count). The summed E-state index contributed by atoms with van der Waals surface area (Å²) in [6.07, 6.45) is 4.13. The predicted molar refractivity (Wildman–Crippen MR) is 48.6 cm³/mol. The van der Waals surface area contributed by atoms with E-state index in [1.54, 1.807) is 0 Å². The minimum absolute atomic E-state index is 0.0385. The van der Waals surface area contributed by atoms with Crippen molar-refractivity contribution in [2.45, 2.75) is 6.92 Å². The maximum absolute atomic E-state index is 13.6. The lowest BCUT2D eigenvalue weighted by atomic mass is 10.4. The Hall–Kier alpha value is -2.29. The fourth-order valence-corrected chi connectivity index (χ4v) is 1.17. The summed E-state index contributed by atoms with van der Waals surface area (Å²) in [5.41, 5.74) is 0.234. The molecular formula is C9H6FN5. The highest BCUT2D eigenvalue weighted by Gasteiger charge is 2.12. The third-order valence-electron chi connectivity index (χ3n) is 1.91. The lowest BCUT2D eigenvalue weighted by Gasteiger charge is -2.04. The van der Waals surface area contributed by atoms with Crippen molar-refractivity contribution in [1.82, 2.24) is 19.5 Å². The van der Waals surface area contributed by atoms with Crippen LogP contribution in [0.3, 0.4) is 0 Å². The number of rotatable bonds is 1. The van der Waals surface area contributed by atoms with Crippen LogP contribution in [0.2, 0.25) is 0 Å². The lowest BCUT2D eigenvalue weighted by Crippen LogP contribution is -2.05. The van der Waals surface area contributed by atoms with E-state index in [0.29, 0.717) is 0 Å². The van der Waals surface area contributed by atoms with Crippen LogP contribution in [0.25, 0.3) is 5.82 Å². The van der Waals surface area contributed by atoms with Crippen LogP contribution in [0.5, 0.6) is 0 Å². The fourth-order valence-electron chi connectivity index (χ4n) is 1.17. The second-order valence-electron chi connectivity index (χ2n) is 2.83. The van der Waals surface area contributed by atoms with Crippen LogP contribution in [-0.2, 0) is 0 Å². The molecule has 0 aliphatic heterocycles. The summed E-state index contributed by atoms with van der Waals surface area (Å²) in [7, 11) is 0. The molecule has 2 aromatic heterocycles. The van der Waals surface area contributed by atoms with Crippen LogP contribution in [0.4, 0.5) is 4.39 Å². The predicted octanol–water partition coefficient (Wildman–Crippen LogP) is 0.981. The minimum Gasteiger partial charge on any atom is -0.273 e. The first kappa shape index (κ1) is 9.27. The second kappa shape index (κ2) is 3.46. The Morgan fingerprint density at radius 3 is 2.93 bits per heavy atom. The molecule has 6 heteroatoms. The molecule has 0 aromatic carbocycles. The van der Waals surface area contributed by atoms with Crippen molar-refractivity contribution in [1.29, 1.82) is 5.26 Å². The molecule has 2 heterocycles. The molecule has 0 spiro atoms. The van der Waals surface area contributed by atoms with Gasteiger partial charge < -0.3 is 0 Å². The second-order valence-corrected chi connectivity index (χ2v) is 2.83. The quantitative estimate of drug-likeness (QED) is 0.692. The molecule has 0 amide bonds. The van der Waals surface area contributed by atoms with Gasteiger partial charge in [-0.1, -0.05) is 0 Å². The van der Waals surface area contributed by atoms with E-state index >= 15 is 0 Å². The first-order chi connectivity index (χ1) is 7.24. The van der Waals surface area contributed by atoms with Crippen LogP contribution >= 0.6 is 0 Å². The Morgan fingerprint density at radius 1 is 1.40 bits per heavy atom. The van der Waals surface area contributed by atoms with E-state index in [1.807, 2.05) is 6.07 Å². The Balaban J connectivity index is 2.65. The first-order valence-electron chi connectivity index (χ1n) is 4.15. The van der Waals surface area contributed by atoms with E-state index in [4.69, 9.17) is 5.26 Å². The molecule has 5 nitrogen and oxygen atoms in total. The molecule has 0 saturated carbocycles. The third-order valence-corrected chi connectivity index (χ3v) is 1.91. The zero-order valence-electron chi connectivity index (χ0n) is 7.85. The van der Waals surface area contributed by atoms with Gasteiger partial charge in [-0.25, -0.2) is 19.3 Å². The van der Waals surface area contributed by atoms with Crippen molar-refractivity contribution in [3.8, 4) is 11.9 Å². The lowest BCUT2D eigenvalue weighted by molar-refractivity contribution is 0.589. The SMILES string of the molecule is Cc1ncnc(-n2ccnc2C#N)c1F. The largest absolute Gasteiger partial charge is 0.273 e. The van der Waals surface area contributed by atoms with E-state index in [9.17, 15) is 4.39 Å². The molecule has 0 bridgehead atoms. The van der Waals surface area contributed by atoms with Gasteiger partial charge in [-0.15, -0.1) is 0 Å². The van der Waals surface area contributed by atoms with Crippen LogP contribution in [0.1, 0.15) is 11.5 Å². The van der Waals surface area contributed by atoms with Gasteiger partial charge in [0.1, 0.15) is 12.4 Å². The third kappa shape index (κ3) is 1.44. The van der Waals surface area contributed by atoms with E-state index in [0.717, 1.165) is 0 Å². The van der Waals surface area contributed by atoms with Crippen molar-refractivity contribution >= 4 is 0 Å². The molecule has 0 atom stereocenters. The summed E-state index contributed by atoms with van der Waals surface area (Å²) in [6.45, 7) is 1.53. The summed E-state index contributed by atoms with van der Waals surface area (Å²) in [5, 5.41) is 8.73. The molecule has 0 aliphatic carbocycles. The first-order valence-corrected chi connectivity index (χ1v) is 4.15. The molecule has 0 saturated heterocycles. The molecule has 74 valence electrons. The number of halogens is 1. The fraction of sp³-hybridized carbons (Fsp3) is 0.111. The van der Waals surface area contributed by atoms with Gasteiger partial charge in [0, 0.05) is 12.4 Å². The Morgan fingerprint density at radius 2 is 2.20 bits per heavy atom. The average Bonchev–Trinajstić information content (AvgIpc) is 2.70. The molecule has 0 N–H and O–H groups in total. The number of imidazole rings is 1. The Kier molecular flexibility index (Phi) is 2.14. The normalized spacial score (nSPS) is 9.93. The summed E-state index contributed by atoms with van der Waals surface area (Å²) in [5.74, 6) is -0.421. The van der Waals surface area contributed by atoms with E-state index in [2.05, 4.69) is 15.0 Å². The Bertz CT molecular complexity index is 540. The summed E-state index contributed by atoms with van der Waals surface area (Å²) >= 11 is 0. The van der Waals surface area contributed by atoms with Gasteiger partial charge in [0.25, 0.3) is 0 Å². The van der Waals surface area contributed by atoms with Gasteiger partial charge in [-0.05, 0) is 6.92 Å². The average molecular weight is 203 g/mol. The number of nitrogens with zero attached hydrogens (tertiary/aromatic N) is 5. The van der Waals surface area contributed by atoms with Gasteiger partial charge in [0.2, 0.25) is 5.82 Å². The maximum Gasteiger partial charge on any atom is 0.218 e. The van der Waals surface area contributed by atoms with Gasteiger partial charge in [0.15, 0.2) is 11.6 Å². The van der Waals surface area contributed by atoms with Crippen LogP contribution < -0.4 is 0 Å². The maximum atomic E-state index is 13.6. The number of nitriles is 1. The van der Waals surface area contributed by atoms with Gasteiger partial charge in [0.05, 0.1) is 5.69 Å². The van der Waals surface area contributed by atoms with Crippen molar-refractivity contribution in [2.75, 3.05) is 0 Å². The zero-order chi connectivity index (χ0) is 10.8. The standard InChI is InChI=1S/C9H6FN5/c1-6-8(10)9(14-5-13-6)15-3-2-12-7(15)4-11/h2-3,5H,1H3.